The first-order valence-electron chi connectivity index (χ1n) is 12.7. The summed E-state index contributed by atoms with van der Waals surface area (Å²) in [6, 6.07) is 14.7. The van der Waals surface area contributed by atoms with Gasteiger partial charge >= 0.3 is 6.03 Å². The SMILES string of the molecule is COc1cc2ncnc(Oc3cccc(NC(=O)Nc4cc(C(C)(C)C)nn4-c4ccc(=O)[nH]c4)c3)c2cc1OC. The van der Waals surface area contributed by atoms with Gasteiger partial charge in [-0.3, -0.25) is 10.1 Å². The van der Waals surface area contributed by atoms with Gasteiger partial charge in [-0.15, -0.1) is 0 Å². The van der Waals surface area contributed by atoms with E-state index in [1.165, 1.54) is 18.6 Å². The first-order valence-corrected chi connectivity index (χ1v) is 12.7. The molecule has 0 radical (unpaired) electrons. The van der Waals surface area contributed by atoms with Crippen molar-refractivity contribution in [1.29, 1.82) is 0 Å². The molecule has 0 fully saturated rings. The van der Waals surface area contributed by atoms with Crippen LogP contribution in [0.5, 0.6) is 23.1 Å². The number of aromatic nitrogens is 5. The largest absolute Gasteiger partial charge is 0.493 e. The van der Waals surface area contributed by atoms with E-state index in [2.05, 4.69) is 30.7 Å². The summed E-state index contributed by atoms with van der Waals surface area (Å²) in [5.41, 5.74) is 1.96. The van der Waals surface area contributed by atoms with Crippen LogP contribution in [0, 0.1) is 0 Å². The molecule has 5 aromatic rings. The molecule has 0 saturated heterocycles. The summed E-state index contributed by atoms with van der Waals surface area (Å²) in [5.74, 6) is 2.26. The van der Waals surface area contributed by atoms with Crippen molar-refractivity contribution in [2.45, 2.75) is 26.2 Å². The number of rotatable bonds is 7. The molecule has 12 heteroatoms. The summed E-state index contributed by atoms with van der Waals surface area (Å²) in [5, 5.41) is 11.0. The van der Waals surface area contributed by atoms with Gasteiger partial charge in [0.15, 0.2) is 11.5 Å². The predicted octanol–water partition coefficient (Wildman–Crippen LogP) is 5.25. The van der Waals surface area contributed by atoms with Crippen molar-refractivity contribution in [3.8, 4) is 28.8 Å². The maximum absolute atomic E-state index is 13.0. The molecule has 0 aliphatic carbocycles. The fraction of sp³-hybridized carbons (Fsp3) is 0.207. The standard InChI is InChI=1S/C29H29N7O5/c1-29(2,3)24-14-25(36(35-24)18-9-10-26(37)30-15-18)34-28(38)33-17-7-6-8-19(11-17)41-27-20-12-22(39-4)23(40-5)13-21(20)31-16-32-27/h6-16H,1-5H3,(H,30,37)(H2,33,34,38). The van der Waals surface area contributed by atoms with Crippen molar-refractivity contribution in [3.63, 3.8) is 0 Å². The number of nitrogens with one attached hydrogen (secondary N) is 3. The van der Waals surface area contributed by atoms with Gasteiger partial charge in [-0.05, 0) is 24.3 Å². The van der Waals surface area contributed by atoms with Crippen LogP contribution < -0.4 is 30.4 Å². The second kappa shape index (κ2) is 11.0. The molecule has 3 aromatic heterocycles. The number of pyridine rings is 1. The molecule has 5 rings (SSSR count). The molecule has 12 nitrogen and oxygen atoms in total. The van der Waals surface area contributed by atoms with Crippen molar-refractivity contribution >= 4 is 28.4 Å². The molecule has 0 atom stereocenters. The number of fused-ring (bicyclic) bond motifs is 1. The lowest BCUT2D eigenvalue weighted by Gasteiger charge is -2.14. The minimum absolute atomic E-state index is 0.236. The monoisotopic (exact) mass is 555 g/mol. The van der Waals surface area contributed by atoms with Crippen molar-refractivity contribution in [2.75, 3.05) is 24.9 Å². The van der Waals surface area contributed by atoms with Crippen LogP contribution in [-0.2, 0) is 5.41 Å². The lowest BCUT2D eigenvalue weighted by atomic mass is 9.92. The van der Waals surface area contributed by atoms with Gasteiger partial charge in [0.05, 0.1) is 36.5 Å². The van der Waals surface area contributed by atoms with Crippen LogP contribution in [0.15, 0.2) is 71.9 Å². The van der Waals surface area contributed by atoms with Crippen molar-refractivity contribution in [3.05, 3.63) is 83.2 Å². The Bertz CT molecular complexity index is 1770. The van der Waals surface area contributed by atoms with Gasteiger partial charge in [0.2, 0.25) is 11.4 Å². The number of carbonyl (C=O) groups is 1. The van der Waals surface area contributed by atoms with Crippen LogP contribution in [0.2, 0.25) is 0 Å². The zero-order chi connectivity index (χ0) is 29.1. The first kappa shape index (κ1) is 27.2. The summed E-state index contributed by atoms with van der Waals surface area (Å²) in [6.07, 6.45) is 2.94. The number of carbonyl (C=O) groups excluding carboxylic acids is 1. The van der Waals surface area contributed by atoms with Crippen LogP contribution in [0.4, 0.5) is 16.3 Å². The lowest BCUT2D eigenvalue weighted by molar-refractivity contribution is 0.262. The summed E-state index contributed by atoms with van der Waals surface area (Å²) < 4.78 is 18.4. The van der Waals surface area contributed by atoms with E-state index in [0.717, 1.165) is 5.69 Å². The number of hydrogen-bond donors (Lipinski definition) is 3. The van der Waals surface area contributed by atoms with Crippen LogP contribution in [0.25, 0.3) is 16.6 Å². The molecular weight excluding hydrogens is 526 g/mol. The molecule has 210 valence electrons. The Balaban J connectivity index is 1.37. The molecule has 3 N–H and O–H groups in total. The van der Waals surface area contributed by atoms with Crippen LogP contribution in [0.1, 0.15) is 26.5 Å². The normalized spacial score (nSPS) is 11.2. The minimum Gasteiger partial charge on any atom is -0.493 e. The van der Waals surface area contributed by atoms with E-state index in [4.69, 9.17) is 14.2 Å². The van der Waals surface area contributed by atoms with Gasteiger partial charge < -0.3 is 24.5 Å². The zero-order valence-corrected chi connectivity index (χ0v) is 23.2. The van der Waals surface area contributed by atoms with Crippen molar-refractivity contribution in [2.24, 2.45) is 0 Å². The fourth-order valence-electron chi connectivity index (χ4n) is 4.04. The molecule has 2 amide bonds. The molecule has 2 aromatic carbocycles. The van der Waals surface area contributed by atoms with E-state index < -0.39 is 6.03 Å². The summed E-state index contributed by atoms with van der Waals surface area (Å²) in [7, 11) is 3.10. The van der Waals surface area contributed by atoms with E-state index in [-0.39, 0.29) is 11.0 Å². The predicted molar refractivity (Wildman–Crippen MR) is 155 cm³/mol. The van der Waals surface area contributed by atoms with Crippen molar-refractivity contribution < 1.29 is 19.0 Å². The van der Waals surface area contributed by atoms with E-state index in [1.54, 1.807) is 67.4 Å². The molecule has 0 aliphatic rings. The van der Waals surface area contributed by atoms with Gasteiger partial charge in [0.1, 0.15) is 17.9 Å². The Kier molecular flexibility index (Phi) is 7.30. The third-order valence-corrected chi connectivity index (χ3v) is 6.14. The second-order valence-corrected chi connectivity index (χ2v) is 10.1. The molecule has 0 saturated carbocycles. The minimum atomic E-state index is -0.488. The highest BCUT2D eigenvalue weighted by Crippen LogP contribution is 2.36. The van der Waals surface area contributed by atoms with Gasteiger partial charge in [-0.2, -0.15) is 5.10 Å². The van der Waals surface area contributed by atoms with E-state index in [1.807, 2.05) is 20.8 Å². The van der Waals surface area contributed by atoms with Gasteiger partial charge in [0, 0.05) is 41.6 Å². The summed E-state index contributed by atoms with van der Waals surface area (Å²) in [4.78, 5) is 35.8. The molecule has 41 heavy (non-hydrogen) atoms. The third-order valence-electron chi connectivity index (χ3n) is 6.14. The summed E-state index contributed by atoms with van der Waals surface area (Å²) >= 11 is 0. The zero-order valence-electron chi connectivity index (χ0n) is 23.2. The highest BCUT2D eigenvalue weighted by molar-refractivity contribution is 5.99. The fourth-order valence-corrected chi connectivity index (χ4v) is 4.04. The number of nitrogens with zero attached hydrogens (tertiary/aromatic N) is 4. The third kappa shape index (κ3) is 5.96. The number of benzene rings is 2. The Morgan fingerprint density at radius 1 is 0.951 bits per heavy atom. The molecule has 3 heterocycles. The van der Waals surface area contributed by atoms with Crippen LogP contribution >= 0.6 is 0 Å². The number of urea groups is 1. The molecule has 0 unspecified atom stereocenters. The Morgan fingerprint density at radius 2 is 1.73 bits per heavy atom. The highest BCUT2D eigenvalue weighted by atomic mass is 16.5. The number of ether oxygens (including phenoxy) is 3. The van der Waals surface area contributed by atoms with Crippen LogP contribution in [-0.4, -0.2) is 45.0 Å². The average molecular weight is 556 g/mol. The van der Waals surface area contributed by atoms with E-state index in [9.17, 15) is 9.59 Å². The number of amides is 2. The van der Waals surface area contributed by atoms with Gasteiger partial charge in [0.25, 0.3) is 0 Å². The van der Waals surface area contributed by atoms with Crippen LogP contribution in [0.3, 0.4) is 0 Å². The highest BCUT2D eigenvalue weighted by Gasteiger charge is 2.22. The smallest absolute Gasteiger partial charge is 0.324 e. The van der Waals surface area contributed by atoms with Gasteiger partial charge in [-0.25, -0.2) is 19.4 Å². The first-order chi connectivity index (χ1) is 19.6. The molecule has 0 spiro atoms. The Hall–Kier alpha value is -5.39. The topological polar surface area (TPSA) is 145 Å². The van der Waals surface area contributed by atoms with Crippen molar-refractivity contribution in [1.82, 2.24) is 24.7 Å². The number of H-pyrrole nitrogens is 1. The molecule has 0 bridgehead atoms. The average Bonchev–Trinajstić information content (AvgIpc) is 3.37. The molecular formula is C29H29N7O5. The lowest BCUT2D eigenvalue weighted by Crippen LogP contribution is -2.21. The summed E-state index contributed by atoms with van der Waals surface area (Å²) in [6.45, 7) is 6.07. The van der Waals surface area contributed by atoms with Gasteiger partial charge in [-0.1, -0.05) is 26.8 Å². The Labute approximate surface area is 235 Å². The number of hydrogen-bond acceptors (Lipinski definition) is 8. The number of methoxy groups -OCH3 is 2. The molecule has 0 aliphatic heterocycles. The van der Waals surface area contributed by atoms with E-state index >= 15 is 0 Å². The number of aromatic amines is 1. The second-order valence-electron chi connectivity index (χ2n) is 10.1. The number of anilines is 2. The maximum Gasteiger partial charge on any atom is 0.324 e. The van der Waals surface area contributed by atoms with E-state index in [0.29, 0.717) is 51.2 Å². The Morgan fingerprint density at radius 3 is 2.44 bits per heavy atom. The quantitative estimate of drug-likeness (QED) is 0.247. The maximum atomic E-state index is 13.0.